The normalized spacial score (nSPS) is 25.8. The van der Waals surface area contributed by atoms with E-state index >= 15 is 0 Å². The maximum atomic E-state index is 12.8. The lowest BCUT2D eigenvalue weighted by Crippen LogP contribution is -2.40. The molecule has 2 aromatic carbocycles. The molecule has 0 bridgehead atoms. The average Bonchev–Trinajstić information content (AvgIpc) is 2.83. The quantitative estimate of drug-likeness (QED) is 0.499. The Bertz CT molecular complexity index is 1100. The van der Waals surface area contributed by atoms with Gasteiger partial charge in [-0.15, -0.1) is 0 Å². The Morgan fingerprint density at radius 1 is 0.600 bits per heavy atom. The van der Waals surface area contributed by atoms with Crippen molar-refractivity contribution in [2.24, 2.45) is 11.8 Å². The topological polar surface area (TPSA) is 102 Å². The molecule has 0 aliphatic heterocycles. The standard InChI is InChI=1S/C26H36N2O5S2/c1-19-7-3-5-9-25(19)27-34(29,30)23-15-11-21(12-16-23)33-22-13-17-24(18-14-22)35(31,32)28-26-10-6-4-8-20(26)2/h11-20,25-28H,3-10H2,1-2H3/t19-,20+,25-,26-/m0/s1. The number of sulfonamides is 2. The molecule has 0 spiro atoms. The fraction of sp³-hybridized carbons (Fsp3) is 0.538. The zero-order valence-electron chi connectivity index (χ0n) is 20.4. The summed E-state index contributed by atoms with van der Waals surface area (Å²) in [6.07, 6.45) is 8.18. The lowest BCUT2D eigenvalue weighted by atomic mass is 9.87. The second kappa shape index (κ2) is 11.0. The molecule has 0 aromatic heterocycles. The second-order valence-corrected chi connectivity index (χ2v) is 13.5. The van der Waals surface area contributed by atoms with Crippen molar-refractivity contribution in [3.63, 3.8) is 0 Å². The molecule has 2 saturated carbocycles. The van der Waals surface area contributed by atoms with Crippen molar-refractivity contribution in [1.29, 1.82) is 0 Å². The fourth-order valence-corrected chi connectivity index (χ4v) is 7.79. The van der Waals surface area contributed by atoms with Gasteiger partial charge in [0.05, 0.1) is 9.79 Å². The van der Waals surface area contributed by atoms with Crippen molar-refractivity contribution in [2.45, 2.75) is 87.1 Å². The van der Waals surface area contributed by atoms with E-state index in [0.29, 0.717) is 23.3 Å². The van der Waals surface area contributed by atoms with E-state index in [2.05, 4.69) is 23.3 Å². The lowest BCUT2D eigenvalue weighted by Gasteiger charge is -2.29. The van der Waals surface area contributed by atoms with Crippen LogP contribution in [0.25, 0.3) is 0 Å². The summed E-state index contributed by atoms with van der Waals surface area (Å²) in [7, 11) is -7.20. The molecule has 4 rings (SSSR count). The third kappa shape index (κ3) is 6.64. The molecule has 0 saturated heterocycles. The van der Waals surface area contributed by atoms with Crippen LogP contribution in [0.3, 0.4) is 0 Å². The van der Waals surface area contributed by atoms with E-state index in [1.54, 1.807) is 24.3 Å². The first kappa shape index (κ1) is 26.1. The minimum atomic E-state index is -3.60. The van der Waals surface area contributed by atoms with Crippen molar-refractivity contribution in [3.8, 4) is 11.5 Å². The van der Waals surface area contributed by atoms with Gasteiger partial charge in [0, 0.05) is 12.1 Å². The van der Waals surface area contributed by atoms with Crippen LogP contribution < -0.4 is 14.2 Å². The molecule has 2 N–H and O–H groups in total. The predicted molar refractivity (Wildman–Crippen MR) is 136 cm³/mol. The minimum absolute atomic E-state index is 0.0321. The Morgan fingerprint density at radius 3 is 1.29 bits per heavy atom. The molecule has 4 atom stereocenters. The van der Waals surface area contributed by atoms with Gasteiger partial charge >= 0.3 is 0 Å². The third-order valence-electron chi connectivity index (χ3n) is 7.34. The lowest BCUT2D eigenvalue weighted by molar-refractivity contribution is 0.310. The molecule has 0 radical (unpaired) electrons. The zero-order valence-corrected chi connectivity index (χ0v) is 22.1. The van der Waals surface area contributed by atoms with Gasteiger partial charge in [-0.2, -0.15) is 0 Å². The van der Waals surface area contributed by atoms with Crippen molar-refractivity contribution in [3.05, 3.63) is 48.5 Å². The number of hydrogen-bond donors (Lipinski definition) is 2. The Balaban J connectivity index is 1.38. The van der Waals surface area contributed by atoms with Crippen molar-refractivity contribution in [2.75, 3.05) is 0 Å². The molecule has 2 aliphatic carbocycles. The number of rotatable bonds is 8. The summed E-state index contributed by atoms with van der Waals surface area (Å²) in [6, 6.07) is 12.5. The van der Waals surface area contributed by atoms with E-state index in [0.717, 1.165) is 51.4 Å². The first-order valence-electron chi connectivity index (χ1n) is 12.6. The molecule has 0 amide bonds. The largest absolute Gasteiger partial charge is 0.457 e. The molecule has 9 heteroatoms. The summed E-state index contributed by atoms with van der Waals surface area (Å²) in [5.74, 6) is 1.60. The molecule has 0 unspecified atom stereocenters. The third-order valence-corrected chi connectivity index (χ3v) is 10.4. The van der Waals surface area contributed by atoms with Gasteiger partial charge in [0.25, 0.3) is 0 Å². The first-order chi connectivity index (χ1) is 16.6. The van der Waals surface area contributed by atoms with E-state index in [9.17, 15) is 16.8 Å². The molecule has 2 fully saturated rings. The Labute approximate surface area is 209 Å². The molecule has 192 valence electrons. The summed E-state index contributed by atoms with van der Waals surface area (Å²) in [5.41, 5.74) is 0. The molecule has 2 aliphatic rings. The van der Waals surface area contributed by atoms with Gasteiger partial charge in [-0.3, -0.25) is 0 Å². The summed E-state index contributed by atoms with van der Waals surface area (Å²) in [6.45, 7) is 4.18. The molecular weight excluding hydrogens is 484 g/mol. The highest BCUT2D eigenvalue weighted by atomic mass is 32.2. The highest BCUT2D eigenvalue weighted by Crippen LogP contribution is 2.28. The maximum Gasteiger partial charge on any atom is 0.240 e. The number of benzene rings is 2. The van der Waals surface area contributed by atoms with Crippen LogP contribution >= 0.6 is 0 Å². The molecule has 2 aromatic rings. The fourth-order valence-electron chi connectivity index (χ4n) is 5.03. The van der Waals surface area contributed by atoms with E-state index < -0.39 is 20.0 Å². The van der Waals surface area contributed by atoms with Gasteiger partial charge in [0.2, 0.25) is 20.0 Å². The zero-order chi connectivity index (χ0) is 25.1. The summed E-state index contributed by atoms with van der Waals surface area (Å²) < 4.78 is 62.7. The Kier molecular flexibility index (Phi) is 8.20. The predicted octanol–water partition coefficient (Wildman–Crippen LogP) is 5.19. The summed E-state index contributed by atoms with van der Waals surface area (Å²) in [4.78, 5) is 0.402. The summed E-state index contributed by atoms with van der Waals surface area (Å²) >= 11 is 0. The van der Waals surface area contributed by atoms with Crippen LogP contribution in [-0.4, -0.2) is 28.9 Å². The van der Waals surface area contributed by atoms with Crippen LogP contribution in [0, 0.1) is 11.8 Å². The van der Waals surface area contributed by atoms with Gasteiger partial charge < -0.3 is 4.74 Å². The van der Waals surface area contributed by atoms with E-state index in [1.807, 2.05) is 0 Å². The van der Waals surface area contributed by atoms with Crippen molar-refractivity contribution >= 4 is 20.0 Å². The smallest absolute Gasteiger partial charge is 0.240 e. The van der Waals surface area contributed by atoms with Crippen LogP contribution in [0.1, 0.15) is 65.2 Å². The summed E-state index contributed by atoms with van der Waals surface area (Å²) in [5, 5.41) is 0. The number of ether oxygens (including phenoxy) is 1. The molecular formula is C26H36N2O5S2. The van der Waals surface area contributed by atoms with Crippen LogP contribution in [0.5, 0.6) is 11.5 Å². The van der Waals surface area contributed by atoms with Crippen molar-refractivity contribution in [1.82, 2.24) is 9.44 Å². The molecule has 0 heterocycles. The van der Waals surface area contributed by atoms with Crippen molar-refractivity contribution < 1.29 is 21.6 Å². The SMILES string of the molecule is C[C@@H]1CCCC[C@@H]1NS(=O)(=O)c1ccc(Oc2ccc(S(=O)(=O)N[C@H]3CCCC[C@@H]3C)cc2)cc1. The van der Waals surface area contributed by atoms with E-state index in [4.69, 9.17) is 4.74 Å². The monoisotopic (exact) mass is 520 g/mol. The highest BCUT2D eigenvalue weighted by molar-refractivity contribution is 7.89. The first-order valence-corrected chi connectivity index (χ1v) is 15.5. The van der Waals surface area contributed by atoms with Gasteiger partial charge in [0.15, 0.2) is 0 Å². The second-order valence-electron chi connectivity index (χ2n) is 10.0. The van der Waals surface area contributed by atoms with Gasteiger partial charge in [0.1, 0.15) is 11.5 Å². The van der Waals surface area contributed by atoms with Gasteiger partial charge in [-0.1, -0.05) is 39.5 Å². The maximum absolute atomic E-state index is 12.8. The Morgan fingerprint density at radius 2 is 0.943 bits per heavy atom. The molecule has 7 nitrogen and oxygen atoms in total. The molecule has 35 heavy (non-hydrogen) atoms. The Hall–Kier alpha value is -1.94. The van der Waals surface area contributed by atoms with E-state index in [-0.39, 0.29) is 21.9 Å². The number of nitrogens with one attached hydrogen (secondary N) is 2. The van der Waals surface area contributed by atoms with Crippen LogP contribution in [0.2, 0.25) is 0 Å². The highest BCUT2D eigenvalue weighted by Gasteiger charge is 2.28. The average molecular weight is 521 g/mol. The van der Waals surface area contributed by atoms with Crippen LogP contribution in [0.15, 0.2) is 58.3 Å². The van der Waals surface area contributed by atoms with Gasteiger partial charge in [-0.25, -0.2) is 26.3 Å². The minimum Gasteiger partial charge on any atom is -0.457 e. The van der Waals surface area contributed by atoms with Crippen LogP contribution in [-0.2, 0) is 20.0 Å². The number of hydrogen-bond acceptors (Lipinski definition) is 5. The van der Waals surface area contributed by atoms with Crippen LogP contribution in [0.4, 0.5) is 0 Å². The van der Waals surface area contributed by atoms with Gasteiger partial charge in [-0.05, 0) is 86.1 Å². The van der Waals surface area contributed by atoms with E-state index in [1.165, 1.54) is 24.3 Å².